The van der Waals surface area contributed by atoms with Crippen molar-refractivity contribution in [3.63, 3.8) is 0 Å². The van der Waals surface area contributed by atoms with E-state index < -0.39 is 0 Å². The summed E-state index contributed by atoms with van der Waals surface area (Å²) >= 11 is 0. The van der Waals surface area contributed by atoms with E-state index in [-0.39, 0.29) is 43.3 Å². The number of aliphatic hydroxyl groups excluding tert-OH is 1. The minimum Gasteiger partial charge on any atom is -0.466 e. The maximum Gasteiger partial charge on any atom is 0.307 e. The Labute approximate surface area is 261 Å². The third-order valence-corrected chi connectivity index (χ3v) is 8.69. The fourth-order valence-electron chi connectivity index (χ4n) is 5.54. The van der Waals surface area contributed by atoms with Gasteiger partial charge in [-0.05, 0) is 18.8 Å². The van der Waals surface area contributed by atoms with Crippen molar-refractivity contribution in [3.05, 3.63) is 0 Å². The van der Waals surface area contributed by atoms with Gasteiger partial charge in [-0.15, -0.1) is 0 Å². The zero-order chi connectivity index (χ0) is 31.1. The number of hydrogen-bond donors (Lipinski definition) is 1. The van der Waals surface area contributed by atoms with Crippen molar-refractivity contribution in [1.29, 1.82) is 0 Å². The Balaban J connectivity index is 4.16. The van der Waals surface area contributed by atoms with Crippen LogP contribution in [0.1, 0.15) is 175 Å². The average Bonchev–Trinajstić information content (AvgIpc) is 2.99. The van der Waals surface area contributed by atoms with Crippen molar-refractivity contribution >= 4 is 11.9 Å². The van der Waals surface area contributed by atoms with Crippen molar-refractivity contribution < 1.29 is 24.2 Å². The number of rotatable bonds is 32. The molecule has 0 saturated carbocycles. The molecule has 6 heteroatoms. The van der Waals surface area contributed by atoms with Crippen LogP contribution in [0.15, 0.2) is 0 Å². The Morgan fingerprint density at radius 1 is 0.571 bits per heavy atom. The Kier molecular flexibility index (Phi) is 30.4. The minimum absolute atomic E-state index is 0.0102. The molecule has 0 spiro atoms. The quantitative estimate of drug-likeness (QED) is 0.0615. The molecule has 0 amide bonds. The van der Waals surface area contributed by atoms with Gasteiger partial charge in [-0.25, -0.2) is 0 Å². The molecule has 0 aliphatic rings. The minimum atomic E-state index is -0.194. The molecule has 0 rings (SSSR count). The van der Waals surface area contributed by atoms with Crippen LogP contribution in [0.2, 0.25) is 0 Å². The Hall–Kier alpha value is -1.14. The molecule has 250 valence electrons. The van der Waals surface area contributed by atoms with Gasteiger partial charge in [0.05, 0.1) is 32.7 Å². The Morgan fingerprint density at radius 2 is 0.905 bits per heavy atom. The van der Waals surface area contributed by atoms with Gasteiger partial charge in [0, 0.05) is 19.1 Å². The number of carbonyl (C=O) groups excluding carboxylic acids is 2. The highest BCUT2D eigenvalue weighted by molar-refractivity contribution is 5.70. The molecule has 1 N–H and O–H groups in total. The third-order valence-electron chi connectivity index (χ3n) is 8.69. The van der Waals surface area contributed by atoms with E-state index in [9.17, 15) is 14.7 Å². The van der Waals surface area contributed by atoms with Gasteiger partial charge >= 0.3 is 11.9 Å². The fraction of sp³-hybridized carbons (Fsp3) is 0.944. The summed E-state index contributed by atoms with van der Waals surface area (Å²) in [4.78, 5) is 26.9. The number of carbonyl (C=O) groups is 2. The van der Waals surface area contributed by atoms with Gasteiger partial charge in [0.2, 0.25) is 0 Å². The van der Waals surface area contributed by atoms with Crippen LogP contribution in [0.25, 0.3) is 0 Å². The molecule has 0 heterocycles. The van der Waals surface area contributed by atoms with Crippen LogP contribution in [-0.2, 0) is 19.1 Å². The van der Waals surface area contributed by atoms with Crippen LogP contribution in [0, 0.1) is 5.92 Å². The largest absolute Gasteiger partial charge is 0.466 e. The van der Waals surface area contributed by atoms with Crippen molar-refractivity contribution in [1.82, 2.24) is 4.90 Å². The molecule has 6 nitrogen and oxygen atoms in total. The molecule has 0 radical (unpaired) electrons. The lowest BCUT2D eigenvalue weighted by molar-refractivity contribution is -0.144. The Morgan fingerprint density at radius 3 is 1.21 bits per heavy atom. The molecule has 0 aliphatic heterocycles. The first kappa shape index (κ1) is 40.9. The van der Waals surface area contributed by atoms with E-state index >= 15 is 0 Å². The summed E-state index contributed by atoms with van der Waals surface area (Å²) in [5, 5.41) is 10.1. The van der Waals surface area contributed by atoms with Gasteiger partial charge in [0.15, 0.2) is 0 Å². The fourth-order valence-corrected chi connectivity index (χ4v) is 5.54. The van der Waals surface area contributed by atoms with E-state index in [1.165, 1.54) is 103 Å². The first-order valence-corrected chi connectivity index (χ1v) is 18.2. The molecular formula is C36H71NO5. The van der Waals surface area contributed by atoms with E-state index in [1.54, 1.807) is 0 Å². The molecule has 0 aromatic heterocycles. The van der Waals surface area contributed by atoms with Gasteiger partial charge in [0.25, 0.3) is 0 Å². The number of esters is 2. The zero-order valence-corrected chi connectivity index (χ0v) is 28.5. The summed E-state index contributed by atoms with van der Waals surface area (Å²) in [5.74, 6) is -0.124. The number of ether oxygens (including phenoxy) is 2. The van der Waals surface area contributed by atoms with Crippen LogP contribution in [0.5, 0.6) is 0 Å². The smallest absolute Gasteiger partial charge is 0.307 e. The lowest BCUT2D eigenvalue weighted by Gasteiger charge is -2.34. The predicted molar refractivity (Wildman–Crippen MR) is 177 cm³/mol. The molecule has 0 aromatic rings. The average molecular weight is 598 g/mol. The second kappa shape index (κ2) is 31.3. The highest BCUT2D eigenvalue weighted by atomic mass is 16.5. The van der Waals surface area contributed by atoms with Gasteiger partial charge in [0.1, 0.15) is 0 Å². The first-order chi connectivity index (χ1) is 20.5. The van der Waals surface area contributed by atoms with E-state index in [2.05, 4.69) is 32.6 Å². The third kappa shape index (κ3) is 25.4. The molecule has 0 unspecified atom stereocenters. The second-order valence-corrected chi connectivity index (χ2v) is 12.5. The van der Waals surface area contributed by atoms with Crippen LogP contribution in [0.4, 0.5) is 0 Å². The van der Waals surface area contributed by atoms with E-state index in [1.807, 2.05) is 0 Å². The van der Waals surface area contributed by atoms with E-state index in [0.717, 1.165) is 32.1 Å². The second-order valence-electron chi connectivity index (χ2n) is 12.5. The van der Waals surface area contributed by atoms with Gasteiger partial charge in [-0.2, -0.15) is 0 Å². The summed E-state index contributed by atoms with van der Waals surface area (Å²) < 4.78 is 11.0. The van der Waals surface area contributed by atoms with Crippen LogP contribution >= 0.6 is 0 Å². The number of unbranched alkanes of at least 4 members (excludes halogenated alkanes) is 18. The lowest BCUT2D eigenvalue weighted by Crippen LogP contribution is -2.44. The first-order valence-electron chi connectivity index (χ1n) is 18.2. The van der Waals surface area contributed by atoms with Gasteiger partial charge < -0.3 is 14.6 Å². The monoisotopic (exact) mass is 598 g/mol. The molecule has 42 heavy (non-hydrogen) atoms. The summed E-state index contributed by atoms with van der Waals surface area (Å²) in [6, 6.07) is -0.0838. The molecule has 0 fully saturated rings. The summed E-state index contributed by atoms with van der Waals surface area (Å²) in [5.41, 5.74) is 0. The molecule has 0 aromatic carbocycles. The predicted octanol–water partition coefficient (Wildman–Crippen LogP) is 9.40. The van der Waals surface area contributed by atoms with Crippen molar-refractivity contribution in [2.45, 2.75) is 181 Å². The van der Waals surface area contributed by atoms with Crippen molar-refractivity contribution in [2.75, 3.05) is 32.9 Å². The van der Waals surface area contributed by atoms with Gasteiger partial charge in [-0.3, -0.25) is 14.5 Å². The van der Waals surface area contributed by atoms with Crippen molar-refractivity contribution in [2.24, 2.45) is 5.92 Å². The highest BCUT2D eigenvalue weighted by Gasteiger charge is 2.24. The number of hydrogen-bond acceptors (Lipinski definition) is 6. The normalized spacial score (nSPS) is 12.9. The van der Waals surface area contributed by atoms with Crippen LogP contribution in [-0.4, -0.2) is 60.9 Å². The molecule has 0 aliphatic carbocycles. The standard InChI is InChI=1S/C36H71NO5/c1-5-8-10-12-14-16-18-20-22-24-30-41-35(39)26-28-37(34(32-38)33(4)7-3)29-27-36(40)42-31-25-23-21-19-17-15-13-11-9-6-2/h33-34,38H,5-32H2,1-4H3/t33-,34+/m0/s1. The number of nitrogens with zero attached hydrogens (tertiary/aromatic N) is 1. The molecule has 2 atom stereocenters. The molecule has 0 saturated heterocycles. The highest BCUT2D eigenvalue weighted by Crippen LogP contribution is 2.17. The zero-order valence-electron chi connectivity index (χ0n) is 28.5. The summed E-state index contributed by atoms with van der Waals surface area (Å²) in [7, 11) is 0. The van der Waals surface area contributed by atoms with E-state index in [0.29, 0.717) is 26.3 Å². The SMILES string of the molecule is CCCCCCCCCCCCOC(=O)CCN(CCC(=O)OCCCCCCCCCCCC)[C@H](CO)[C@@H](C)CC. The van der Waals surface area contributed by atoms with Gasteiger partial charge in [-0.1, -0.05) is 150 Å². The van der Waals surface area contributed by atoms with E-state index in [4.69, 9.17) is 9.47 Å². The maximum absolute atomic E-state index is 12.4. The lowest BCUT2D eigenvalue weighted by atomic mass is 9.98. The number of aliphatic hydroxyl groups is 1. The molecule has 0 bridgehead atoms. The topological polar surface area (TPSA) is 76.1 Å². The van der Waals surface area contributed by atoms with Crippen molar-refractivity contribution in [3.8, 4) is 0 Å². The van der Waals surface area contributed by atoms with Crippen LogP contribution < -0.4 is 0 Å². The molecular weight excluding hydrogens is 526 g/mol. The van der Waals surface area contributed by atoms with Crippen LogP contribution in [0.3, 0.4) is 0 Å². The summed E-state index contributed by atoms with van der Waals surface area (Å²) in [6.45, 7) is 10.7. The summed E-state index contributed by atoms with van der Waals surface area (Å²) in [6.07, 6.45) is 26.6. The Bertz CT molecular complexity index is 557. The maximum atomic E-state index is 12.4.